The third-order valence-electron chi connectivity index (χ3n) is 15.5. The number of thiophene rings is 1. The van der Waals surface area contributed by atoms with Crippen molar-refractivity contribution in [3.8, 4) is 67.0 Å². The van der Waals surface area contributed by atoms with E-state index in [2.05, 4.69) is 277 Å². The number of para-hydroxylation sites is 2. The molecule has 0 bridgehead atoms. The van der Waals surface area contributed by atoms with Gasteiger partial charge in [-0.15, -0.1) is 24.0 Å². The van der Waals surface area contributed by atoms with E-state index in [0.717, 1.165) is 27.4 Å². The number of allylic oxidation sites excluding steroid dienone is 1. The Morgan fingerprint density at radius 1 is 0.364 bits per heavy atom. The molecule has 77 heavy (non-hydrogen) atoms. The van der Waals surface area contributed by atoms with E-state index in [4.69, 9.17) is 12.6 Å². The monoisotopic (exact) mass is 1020 g/mol. The second-order valence-electron chi connectivity index (χ2n) is 20.3. The smallest absolute Gasteiger partial charge is 0.0541 e. The molecule has 0 N–H and O–H groups in total. The van der Waals surface area contributed by atoms with Gasteiger partial charge in [-0.25, -0.2) is 0 Å². The van der Waals surface area contributed by atoms with Gasteiger partial charge in [0, 0.05) is 47.4 Å². The first kappa shape index (κ1) is 46.6. The molecule has 1 unspecified atom stereocenters. The summed E-state index contributed by atoms with van der Waals surface area (Å²) in [5.41, 5.74) is 20.5. The molecule has 11 aromatic carbocycles. The second kappa shape index (κ2) is 19.6. The van der Waals surface area contributed by atoms with Crippen LogP contribution in [0.15, 0.2) is 272 Å². The van der Waals surface area contributed by atoms with Crippen LogP contribution in [0, 0.1) is 5.92 Å². The zero-order valence-electron chi connectivity index (χ0n) is 42.5. The largest absolute Gasteiger partial charge is 0.309 e. The van der Waals surface area contributed by atoms with Crippen LogP contribution in [0.2, 0.25) is 0 Å². The van der Waals surface area contributed by atoms with Crippen molar-refractivity contribution in [2.75, 3.05) is 0 Å². The van der Waals surface area contributed by atoms with E-state index in [1.165, 1.54) is 110 Å². The van der Waals surface area contributed by atoms with Crippen LogP contribution >= 0.6 is 24.0 Å². The lowest BCUT2D eigenvalue weighted by atomic mass is 9.94. The molecule has 0 radical (unpaired) electrons. The van der Waals surface area contributed by atoms with Crippen LogP contribution in [-0.4, -0.2) is 9.13 Å². The molecular formula is C73H52N2S2. The van der Waals surface area contributed by atoms with E-state index in [-0.39, 0.29) is 0 Å². The number of benzene rings is 11. The van der Waals surface area contributed by atoms with Gasteiger partial charge in [-0.2, -0.15) is 0 Å². The van der Waals surface area contributed by atoms with Crippen LogP contribution in [0.4, 0.5) is 0 Å². The fraction of sp³-hybridized carbons (Fsp3) is 0.0411. The summed E-state index contributed by atoms with van der Waals surface area (Å²) in [6, 6.07) is 94.5. The molecule has 3 aromatic heterocycles. The highest BCUT2D eigenvalue weighted by atomic mass is 32.1. The van der Waals surface area contributed by atoms with Crippen molar-refractivity contribution in [2.45, 2.75) is 18.2 Å². The highest BCUT2D eigenvalue weighted by Gasteiger charge is 2.18. The van der Waals surface area contributed by atoms with Gasteiger partial charge in [-0.3, -0.25) is 0 Å². The van der Waals surface area contributed by atoms with Gasteiger partial charge in [-0.05, 0) is 170 Å². The van der Waals surface area contributed by atoms with Crippen molar-refractivity contribution in [1.29, 1.82) is 0 Å². The van der Waals surface area contributed by atoms with Gasteiger partial charge >= 0.3 is 0 Å². The molecule has 1 atom stereocenters. The minimum Gasteiger partial charge on any atom is -0.309 e. The van der Waals surface area contributed by atoms with Gasteiger partial charge in [-0.1, -0.05) is 189 Å². The van der Waals surface area contributed by atoms with Gasteiger partial charge in [0.25, 0.3) is 0 Å². The lowest BCUT2D eigenvalue weighted by Gasteiger charge is -2.11. The fourth-order valence-electron chi connectivity index (χ4n) is 11.7. The summed E-state index contributed by atoms with van der Waals surface area (Å²) in [5, 5.41) is 6.43. The number of aromatic nitrogens is 2. The molecule has 0 aliphatic heterocycles. The molecule has 0 spiro atoms. The van der Waals surface area contributed by atoms with Crippen LogP contribution < -0.4 is 0 Å². The van der Waals surface area contributed by atoms with Gasteiger partial charge in [0.15, 0.2) is 0 Å². The maximum atomic E-state index is 4.72. The number of hydrogen-bond acceptors (Lipinski definition) is 2. The summed E-state index contributed by atoms with van der Waals surface area (Å²) >= 11 is 6.64. The lowest BCUT2D eigenvalue weighted by Crippen LogP contribution is -2.00. The van der Waals surface area contributed by atoms with Crippen LogP contribution in [0.3, 0.4) is 0 Å². The van der Waals surface area contributed by atoms with E-state index in [1.807, 2.05) is 23.5 Å². The molecule has 15 rings (SSSR count). The summed E-state index contributed by atoms with van der Waals surface area (Å²) in [6.07, 6.45) is 5.81. The molecule has 3 heterocycles. The Bertz CT molecular complexity index is 4550. The predicted molar refractivity (Wildman–Crippen MR) is 333 cm³/mol. The maximum Gasteiger partial charge on any atom is 0.0541 e. The molecule has 2 nitrogen and oxygen atoms in total. The molecular weight excluding hydrogens is 969 g/mol. The summed E-state index contributed by atoms with van der Waals surface area (Å²) in [7, 11) is 0. The average Bonchev–Trinajstić information content (AvgIpc) is 4.29. The minimum absolute atomic E-state index is 0.695. The van der Waals surface area contributed by atoms with Crippen molar-refractivity contribution in [3.63, 3.8) is 0 Å². The Kier molecular flexibility index (Phi) is 11.9. The number of nitrogens with zero attached hydrogens (tertiary/aromatic N) is 2. The summed E-state index contributed by atoms with van der Waals surface area (Å²) < 4.78 is 6.23. The quantitative estimate of drug-likeness (QED) is 0.153. The molecule has 14 aromatic rings. The van der Waals surface area contributed by atoms with Crippen molar-refractivity contribution in [2.24, 2.45) is 5.92 Å². The number of fused-ring (bicyclic) bond motifs is 9. The first-order valence-electron chi connectivity index (χ1n) is 26.5. The topological polar surface area (TPSA) is 9.86 Å². The van der Waals surface area contributed by atoms with Crippen molar-refractivity contribution in [3.05, 3.63) is 277 Å². The summed E-state index contributed by atoms with van der Waals surface area (Å²) in [4.78, 5) is 2.44. The van der Waals surface area contributed by atoms with Crippen LogP contribution in [0.25, 0.3) is 127 Å². The average molecular weight is 1020 g/mol. The number of thiol groups is 1. The summed E-state index contributed by atoms with van der Waals surface area (Å²) in [5.74, 6) is 0.695. The molecule has 1 aliphatic carbocycles. The zero-order valence-corrected chi connectivity index (χ0v) is 44.2. The molecule has 0 fully saturated rings. The SMILES string of the molecule is CC1C=Cc2sc3ccccc3c2C1.Sc1ccccc1-c1cccc(-c2ccc(-n3c4ccccc4c4cc(-c5ccc6c(c5)c5ccccc5n6-c5ccc(-c6cccc(-c7ccccc7)c6)cc5)ccc43)cc2)c1. The van der Waals surface area contributed by atoms with Crippen LogP contribution in [0.1, 0.15) is 17.4 Å². The number of hydrogen-bond donors (Lipinski definition) is 1. The molecule has 0 saturated carbocycles. The number of rotatable bonds is 7. The summed E-state index contributed by atoms with van der Waals surface area (Å²) in [6.45, 7) is 2.28. The Hall–Kier alpha value is -8.93. The Labute approximate surface area is 458 Å². The van der Waals surface area contributed by atoms with Crippen molar-refractivity contribution in [1.82, 2.24) is 9.13 Å². The third kappa shape index (κ3) is 8.57. The van der Waals surface area contributed by atoms with Crippen molar-refractivity contribution >= 4 is 83.7 Å². The highest BCUT2D eigenvalue weighted by Crippen LogP contribution is 2.41. The van der Waals surface area contributed by atoms with E-state index in [0.29, 0.717) is 5.92 Å². The van der Waals surface area contributed by atoms with Crippen molar-refractivity contribution < 1.29 is 0 Å². The maximum absolute atomic E-state index is 4.72. The minimum atomic E-state index is 0.695. The molecule has 0 saturated heterocycles. The standard InChI is InChI=1S/C60H40N2S.C13H12S/c63-60-23-9-6-18-51(60)48-17-11-16-45(37-48)42-26-32-50(33-27-42)62-57-22-8-5-20-53(57)55-39-47(29-35-59(55)62)46-28-34-58-54(38-46)52-19-4-7-21-56(52)61(58)49-30-24-41(25-31-49)44-15-10-14-43(36-44)40-12-2-1-3-13-40;1-9-6-7-13-11(8-9)10-4-2-3-5-12(10)14-13/h1-39,63H;2-7,9H,8H2,1H3. The Balaban J connectivity index is 0.000000332. The normalized spacial score (nSPS) is 13.1. The van der Waals surface area contributed by atoms with E-state index in [1.54, 1.807) is 5.56 Å². The first-order valence-corrected chi connectivity index (χ1v) is 27.8. The third-order valence-corrected chi connectivity index (χ3v) is 17.0. The molecule has 4 heteroatoms. The lowest BCUT2D eigenvalue weighted by molar-refractivity contribution is 0.724. The molecule has 366 valence electrons. The predicted octanol–water partition coefficient (Wildman–Crippen LogP) is 20.6. The Morgan fingerprint density at radius 3 is 1.38 bits per heavy atom. The van der Waals surface area contributed by atoms with Gasteiger partial charge in [0.05, 0.1) is 22.1 Å². The molecule has 1 aliphatic rings. The first-order chi connectivity index (χ1) is 38.0. The van der Waals surface area contributed by atoms with E-state index < -0.39 is 0 Å². The van der Waals surface area contributed by atoms with Gasteiger partial charge in [0.2, 0.25) is 0 Å². The molecule has 0 amide bonds. The van der Waals surface area contributed by atoms with E-state index >= 15 is 0 Å². The van der Waals surface area contributed by atoms with Gasteiger partial charge < -0.3 is 9.13 Å². The second-order valence-corrected chi connectivity index (χ2v) is 21.9. The van der Waals surface area contributed by atoms with Crippen LogP contribution in [-0.2, 0) is 6.42 Å². The Morgan fingerprint density at radius 2 is 0.792 bits per heavy atom. The van der Waals surface area contributed by atoms with Gasteiger partial charge in [0.1, 0.15) is 0 Å². The van der Waals surface area contributed by atoms with E-state index in [9.17, 15) is 0 Å². The fourth-order valence-corrected chi connectivity index (χ4v) is 13.1. The highest BCUT2D eigenvalue weighted by molar-refractivity contribution is 7.80. The van der Waals surface area contributed by atoms with Crippen LogP contribution in [0.5, 0.6) is 0 Å². The zero-order chi connectivity index (χ0) is 51.4.